The smallest absolute Gasteiger partial charge is 0.193 e. The summed E-state index contributed by atoms with van der Waals surface area (Å²) < 4.78 is 24.7. The van der Waals surface area contributed by atoms with Crippen LogP contribution in [0, 0.1) is 17.1 Å². The largest absolute Gasteiger partial charge is 0.497 e. The second kappa shape index (κ2) is 9.43. The van der Waals surface area contributed by atoms with E-state index in [0.29, 0.717) is 23.6 Å². The van der Waals surface area contributed by atoms with Crippen molar-refractivity contribution in [1.29, 1.82) is 5.26 Å². The van der Waals surface area contributed by atoms with E-state index in [4.69, 9.17) is 14.7 Å². The van der Waals surface area contributed by atoms with Crippen LogP contribution in [0.1, 0.15) is 16.7 Å². The number of halogens is 1. The topological polar surface area (TPSA) is 69.9 Å². The highest BCUT2D eigenvalue weighted by atomic mass is 19.1. The van der Waals surface area contributed by atoms with Crippen molar-refractivity contribution in [3.05, 3.63) is 58.9 Å². The van der Waals surface area contributed by atoms with Crippen LogP contribution in [0.5, 0.6) is 11.5 Å². The third-order valence-electron chi connectivity index (χ3n) is 4.09. The van der Waals surface area contributed by atoms with Crippen molar-refractivity contribution in [3.63, 3.8) is 0 Å². The van der Waals surface area contributed by atoms with Crippen LogP contribution in [0.2, 0.25) is 0 Å². The van der Waals surface area contributed by atoms with Gasteiger partial charge in [0.2, 0.25) is 0 Å². The van der Waals surface area contributed by atoms with E-state index < -0.39 is 5.82 Å². The molecule has 0 saturated heterocycles. The lowest BCUT2D eigenvalue weighted by Gasteiger charge is -2.23. The fraction of sp³-hybridized carbons (Fsp3) is 0.300. The molecule has 27 heavy (non-hydrogen) atoms. The number of rotatable bonds is 6. The number of nitriles is 1. The molecule has 2 aromatic rings. The molecule has 0 amide bonds. The first-order valence-corrected chi connectivity index (χ1v) is 8.33. The van der Waals surface area contributed by atoms with E-state index in [2.05, 4.69) is 10.3 Å². The van der Waals surface area contributed by atoms with Gasteiger partial charge in [0.25, 0.3) is 0 Å². The summed E-state index contributed by atoms with van der Waals surface area (Å²) in [6.45, 7) is 0.803. The Hall–Kier alpha value is -3.27. The van der Waals surface area contributed by atoms with Crippen LogP contribution >= 0.6 is 0 Å². The van der Waals surface area contributed by atoms with Crippen molar-refractivity contribution >= 4 is 5.96 Å². The molecule has 0 aromatic heterocycles. The maximum atomic E-state index is 14.0. The zero-order valence-corrected chi connectivity index (χ0v) is 15.9. The van der Waals surface area contributed by atoms with Gasteiger partial charge in [-0.05, 0) is 24.3 Å². The number of guanidine groups is 1. The minimum Gasteiger partial charge on any atom is -0.497 e. The predicted molar refractivity (Wildman–Crippen MR) is 102 cm³/mol. The van der Waals surface area contributed by atoms with Gasteiger partial charge in [-0.15, -0.1) is 0 Å². The summed E-state index contributed by atoms with van der Waals surface area (Å²) in [7, 11) is 6.76. The second-order valence-corrected chi connectivity index (χ2v) is 5.85. The van der Waals surface area contributed by atoms with E-state index in [1.807, 2.05) is 36.2 Å². The third-order valence-corrected chi connectivity index (χ3v) is 4.09. The number of benzene rings is 2. The van der Waals surface area contributed by atoms with Gasteiger partial charge in [-0.25, -0.2) is 4.39 Å². The van der Waals surface area contributed by atoms with Crippen molar-refractivity contribution in [2.75, 3.05) is 28.3 Å². The van der Waals surface area contributed by atoms with Gasteiger partial charge in [0.05, 0.1) is 25.9 Å². The Morgan fingerprint density at radius 2 is 1.93 bits per heavy atom. The van der Waals surface area contributed by atoms with Crippen LogP contribution in [-0.2, 0) is 13.1 Å². The lowest BCUT2D eigenvalue weighted by molar-refractivity contribution is 0.382. The lowest BCUT2D eigenvalue weighted by atomic mass is 10.1. The zero-order valence-electron chi connectivity index (χ0n) is 15.9. The summed E-state index contributed by atoms with van der Waals surface area (Å²) in [5.74, 6) is 1.62. The number of nitrogens with zero attached hydrogens (tertiary/aromatic N) is 3. The summed E-state index contributed by atoms with van der Waals surface area (Å²) >= 11 is 0. The number of aliphatic imine (C=N–C) groups is 1. The molecule has 0 fully saturated rings. The van der Waals surface area contributed by atoms with Gasteiger partial charge in [0, 0.05) is 44.4 Å². The average Bonchev–Trinajstić information content (AvgIpc) is 2.69. The van der Waals surface area contributed by atoms with Gasteiger partial charge in [0.15, 0.2) is 5.96 Å². The van der Waals surface area contributed by atoms with Gasteiger partial charge in [-0.3, -0.25) is 4.99 Å². The van der Waals surface area contributed by atoms with E-state index in [-0.39, 0.29) is 6.54 Å². The van der Waals surface area contributed by atoms with E-state index in [9.17, 15) is 4.39 Å². The molecule has 0 aliphatic carbocycles. The summed E-state index contributed by atoms with van der Waals surface area (Å²) in [6, 6.07) is 12.0. The maximum absolute atomic E-state index is 14.0. The SMILES string of the molecule is CN=C(NCc1ccc(C#N)cc1F)N(C)Cc1ccc(OC)cc1OC. The first-order valence-electron chi connectivity index (χ1n) is 8.33. The van der Waals surface area contributed by atoms with Gasteiger partial charge in [-0.2, -0.15) is 5.26 Å². The highest BCUT2D eigenvalue weighted by Gasteiger charge is 2.12. The van der Waals surface area contributed by atoms with Gasteiger partial charge < -0.3 is 19.7 Å². The molecule has 0 spiro atoms. The first kappa shape index (κ1) is 20.0. The Balaban J connectivity index is 2.06. The van der Waals surface area contributed by atoms with Gasteiger partial charge in [-0.1, -0.05) is 6.07 Å². The number of methoxy groups -OCH3 is 2. The molecule has 6 nitrogen and oxygen atoms in total. The standard InChI is InChI=1S/C20H23FN4O2/c1-23-20(24-12-15-6-5-14(11-22)9-18(15)21)25(2)13-16-7-8-17(26-3)10-19(16)27-4/h5-10H,12-13H2,1-4H3,(H,23,24). The molecule has 0 aliphatic rings. The Morgan fingerprint density at radius 3 is 2.52 bits per heavy atom. The predicted octanol–water partition coefficient (Wildman–Crippen LogP) is 2.92. The number of hydrogen-bond acceptors (Lipinski definition) is 4. The van der Waals surface area contributed by atoms with Crippen molar-refractivity contribution in [2.24, 2.45) is 4.99 Å². The van der Waals surface area contributed by atoms with Crippen molar-refractivity contribution in [2.45, 2.75) is 13.1 Å². The normalized spacial score (nSPS) is 10.9. The second-order valence-electron chi connectivity index (χ2n) is 5.85. The third kappa shape index (κ3) is 5.11. The molecular formula is C20H23FN4O2. The van der Waals surface area contributed by atoms with Crippen molar-refractivity contribution < 1.29 is 13.9 Å². The molecule has 2 rings (SSSR count). The van der Waals surface area contributed by atoms with Crippen LogP contribution in [0.25, 0.3) is 0 Å². The number of nitrogens with one attached hydrogen (secondary N) is 1. The monoisotopic (exact) mass is 370 g/mol. The molecule has 2 aromatic carbocycles. The fourth-order valence-corrected chi connectivity index (χ4v) is 2.63. The van der Waals surface area contributed by atoms with Gasteiger partial charge >= 0.3 is 0 Å². The van der Waals surface area contributed by atoms with Crippen LogP contribution in [0.15, 0.2) is 41.4 Å². The minimum absolute atomic E-state index is 0.258. The van der Waals surface area contributed by atoms with Crippen LogP contribution in [0.4, 0.5) is 4.39 Å². The minimum atomic E-state index is -0.420. The number of ether oxygens (including phenoxy) is 2. The van der Waals surface area contributed by atoms with Crippen LogP contribution in [-0.4, -0.2) is 39.2 Å². The zero-order chi connectivity index (χ0) is 19.8. The summed E-state index contributed by atoms with van der Waals surface area (Å²) in [5.41, 5.74) is 1.73. The Bertz CT molecular complexity index is 862. The quantitative estimate of drug-likeness (QED) is 0.625. The molecule has 0 radical (unpaired) electrons. The van der Waals surface area contributed by atoms with Crippen LogP contribution < -0.4 is 14.8 Å². The average molecular weight is 370 g/mol. The summed E-state index contributed by atoms with van der Waals surface area (Å²) in [5, 5.41) is 12.0. The Kier molecular flexibility index (Phi) is 7.00. The summed E-state index contributed by atoms with van der Waals surface area (Å²) in [6.07, 6.45) is 0. The molecule has 0 saturated carbocycles. The molecule has 1 N–H and O–H groups in total. The molecule has 0 bridgehead atoms. The molecule has 7 heteroatoms. The van der Waals surface area contributed by atoms with Crippen molar-refractivity contribution in [3.8, 4) is 17.6 Å². The maximum Gasteiger partial charge on any atom is 0.193 e. The highest BCUT2D eigenvalue weighted by Crippen LogP contribution is 2.25. The number of hydrogen-bond donors (Lipinski definition) is 1. The molecule has 0 unspecified atom stereocenters. The highest BCUT2D eigenvalue weighted by molar-refractivity contribution is 5.79. The molecule has 0 aliphatic heterocycles. The van der Waals surface area contributed by atoms with E-state index in [0.717, 1.165) is 17.1 Å². The van der Waals surface area contributed by atoms with Gasteiger partial charge in [0.1, 0.15) is 17.3 Å². The molecule has 0 atom stereocenters. The first-order chi connectivity index (χ1) is 13.0. The fourth-order valence-electron chi connectivity index (χ4n) is 2.63. The molecule has 0 heterocycles. The van der Waals surface area contributed by atoms with E-state index in [1.165, 1.54) is 6.07 Å². The van der Waals surface area contributed by atoms with E-state index >= 15 is 0 Å². The molecular weight excluding hydrogens is 347 g/mol. The van der Waals surface area contributed by atoms with Crippen LogP contribution in [0.3, 0.4) is 0 Å². The van der Waals surface area contributed by atoms with E-state index in [1.54, 1.807) is 33.4 Å². The summed E-state index contributed by atoms with van der Waals surface area (Å²) in [4.78, 5) is 6.15. The Labute approximate surface area is 158 Å². The van der Waals surface area contributed by atoms with Crippen molar-refractivity contribution in [1.82, 2.24) is 10.2 Å². The lowest BCUT2D eigenvalue weighted by Crippen LogP contribution is -2.38. The molecule has 142 valence electrons. The Morgan fingerprint density at radius 1 is 1.19 bits per heavy atom.